The number of ether oxygens (including phenoxy) is 2. The zero-order chi connectivity index (χ0) is 17.2. The van der Waals surface area contributed by atoms with Gasteiger partial charge in [-0.15, -0.1) is 0 Å². The highest BCUT2D eigenvalue weighted by Crippen LogP contribution is 2.33. The third-order valence-corrected chi connectivity index (χ3v) is 4.82. The molecule has 2 aliphatic rings. The number of hydrogen-bond acceptors (Lipinski definition) is 4. The lowest BCUT2D eigenvalue weighted by Crippen LogP contribution is -2.49. The van der Waals surface area contributed by atoms with Crippen LogP contribution in [0, 0.1) is 0 Å². The molecular weight excluding hydrogens is 340 g/mol. The second-order valence-electron chi connectivity index (χ2n) is 6.23. The second kappa shape index (κ2) is 6.94. The molecule has 5 nitrogen and oxygen atoms in total. The number of halogens is 1. The van der Waals surface area contributed by atoms with Gasteiger partial charge in [-0.2, -0.15) is 0 Å². The van der Waals surface area contributed by atoms with E-state index in [9.17, 15) is 4.79 Å². The number of amides is 1. The van der Waals surface area contributed by atoms with Crippen molar-refractivity contribution in [2.45, 2.75) is 12.5 Å². The third-order valence-electron chi connectivity index (χ3n) is 4.59. The van der Waals surface area contributed by atoms with E-state index in [1.165, 1.54) is 0 Å². The van der Waals surface area contributed by atoms with E-state index in [-0.39, 0.29) is 18.7 Å². The summed E-state index contributed by atoms with van der Waals surface area (Å²) in [6.07, 6.45) is 0.341. The first-order valence-corrected chi connectivity index (χ1v) is 8.73. The maximum Gasteiger partial charge on any atom is 0.231 e. The van der Waals surface area contributed by atoms with Gasteiger partial charge in [0.1, 0.15) is 0 Å². The molecule has 2 heterocycles. The van der Waals surface area contributed by atoms with Gasteiger partial charge in [-0.1, -0.05) is 29.8 Å². The Hall–Kier alpha value is -2.24. The fourth-order valence-corrected chi connectivity index (χ4v) is 3.54. The van der Waals surface area contributed by atoms with E-state index in [1.807, 2.05) is 47.4 Å². The molecule has 1 fully saturated rings. The second-order valence-corrected chi connectivity index (χ2v) is 6.66. The number of nitrogens with zero attached hydrogens (tertiary/aromatic N) is 1. The standard InChI is InChI=1S/C19H19ClN2O3/c20-15-3-1-2-14(10-15)16-11-21-6-7-22(16)19(23)9-13-4-5-17-18(8-13)25-12-24-17/h1-5,8,10,16,21H,6-7,9,11-12H2. The lowest BCUT2D eigenvalue weighted by molar-refractivity contribution is -0.133. The van der Waals surface area contributed by atoms with E-state index >= 15 is 0 Å². The molecule has 1 unspecified atom stereocenters. The minimum atomic E-state index is -0.00559. The first kappa shape index (κ1) is 16.2. The smallest absolute Gasteiger partial charge is 0.231 e. The van der Waals surface area contributed by atoms with Gasteiger partial charge in [0.15, 0.2) is 11.5 Å². The van der Waals surface area contributed by atoms with E-state index in [1.54, 1.807) is 0 Å². The van der Waals surface area contributed by atoms with E-state index in [0.29, 0.717) is 23.7 Å². The molecule has 2 aromatic carbocycles. The van der Waals surface area contributed by atoms with Crippen LogP contribution in [0.3, 0.4) is 0 Å². The van der Waals surface area contributed by atoms with Crippen LogP contribution in [0.2, 0.25) is 5.02 Å². The van der Waals surface area contributed by atoms with Crippen molar-refractivity contribution < 1.29 is 14.3 Å². The number of carbonyl (C=O) groups is 1. The Morgan fingerprint density at radius 2 is 2.08 bits per heavy atom. The molecule has 2 aromatic rings. The highest BCUT2D eigenvalue weighted by Gasteiger charge is 2.28. The van der Waals surface area contributed by atoms with Crippen molar-refractivity contribution in [2.24, 2.45) is 0 Å². The van der Waals surface area contributed by atoms with Crippen LogP contribution in [0.25, 0.3) is 0 Å². The molecule has 1 atom stereocenters. The Kier molecular flexibility index (Phi) is 4.51. The highest BCUT2D eigenvalue weighted by molar-refractivity contribution is 6.30. The van der Waals surface area contributed by atoms with Gasteiger partial charge >= 0.3 is 0 Å². The van der Waals surface area contributed by atoms with Crippen LogP contribution in [-0.2, 0) is 11.2 Å². The predicted molar refractivity (Wildman–Crippen MR) is 95.0 cm³/mol. The summed E-state index contributed by atoms with van der Waals surface area (Å²) >= 11 is 6.13. The molecule has 1 saturated heterocycles. The van der Waals surface area contributed by atoms with Crippen LogP contribution in [0.1, 0.15) is 17.2 Å². The molecule has 25 heavy (non-hydrogen) atoms. The average molecular weight is 359 g/mol. The van der Waals surface area contributed by atoms with Gasteiger partial charge in [-0.3, -0.25) is 4.79 Å². The largest absolute Gasteiger partial charge is 0.454 e. The summed E-state index contributed by atoms with van der Waals surface area (Å²) in [6.45, 7) is 2.44. The molecule has 0 aromatic heterocycles. The normalized spacial score (nSPS) is 19.1. The molecule has 0 saturated carbocycles. The topological polar surface area (TPSA) is 50.8 Å². The summed E-state index contributed by atoms with van der Waals surface area (Å²) in [5, 5.41) is 4.05. The monoisotopic (exact) mass is 358 g/mol. The van der Waals surface area contributed by atoms with Gasteiger partial charge in [0.25, 0.3) is 0 Å². The van der Waals surface area contributed by atoms with Crippen molar-refractivity contribution in [3.05, 3.63) is 58.6 Å². The summed E-state index contributed by atoms with van der Waals surface area (Å²) in [5.41, 5.74) is 1.98. The minimum absolute atomic E-state index is 0.00559. The number of nitrogens with one attached hydrogen (secondary N) is 1. The molecular formula is C19H19ClN2O3. The molecule has 2 aliphatic heterocycles. The summed E-state index contributed by atoms with van der Waals surface area (Å²) in [4.78, 5) is 14.9. The maximum absolute atomic E-state index is 12.9. The SMILES string of the molecule is O=C(Cc1ccc2c(c1)OCO2)N1CCNCC1c1cccc(Cl)c1. The fourth-order valence-electron chi connectivity index (χ4n) is 3.34. The molecule has 0 bridgehead atoms. The Balaban J connectivity index is 1.53. The zero-order valence-corrected chi connectivity index (χ0v) is 14.5. The van der Waals surface area contributed by atoms with Gasteiger partial charge < -0.3 is 19.7 Å². The van der Waals surface area contributed by atoms with Gasteiger partial charge in [0.2, 0.25) is 12.7 Å². The van der Waals surface area contributed by atoms with Crippen LogP contribution >= 0.6 is 11.6 Å². The highest BCUT2D eigenvalue weighted by atomic mass is 35.5. The predicted octanol–water partition coefficient (Wildman–Crippen LogP) is 2.78. The molecule has 130 valence electrons. The summed E-state index contributed by atoms with van der Waals surface area (Å²) in [7, 11) is 0. The van der Waals surface area contributed by atoms with Crippen LogP contribution in [0.15, 0.2) is 42.5 Å². The summed E-state index contributed by atoms with van der Waals surface area (Å²) in [6, 6.07) is 13.4. The third kappa shape index (κ3) is 3.43. The van der Waals surface area contributed by atoms with E-state index in [0.717, 1.165) is 30.0 Å². The van der Waals surface area contributed by atoms with Crippen LogP contribution in [0.5, 0.6) is 11.5 Å². The Bertz CT molecular complexity index is 796. The molecule has 6 heteroatoms. The molecule has 1 amide bonds. The van der Waals surface area contributed by atoms with Crippen molar-refractivity contribution in [3.63, 3.8) is 0 Å². The number of rotatable bonds is 3. The van der Waals surface area contributed by atoms with Gasteiger partial charge in [0.05, 0.1) is 12.5 Å². The van der Waals surface area contributed by atoms with Gasteiger partial charge in [-0.05, 0) is 35.4 Å². The average Bonchev–Trinajstić information content (AvgIpc) is 3.09. The molecule has 0 spiro atoms. The Morgan fingerprint density at radius 1 is 1.20 bits per heavy atom. The first-order valence-electron chi connectivity index (χ1n) is 8.35. The van der Waals surface area contributed by atoms with Crippen molar-refractivity contribution in [3.8, 4) is 11.5 Å². The Morgan fingerprint density at radius 3 is 2.96 bits per heavy atom. The van der Waals surface area contributed by atoms with E-state index in [4.69, 9.17) is 21.1 Å². The maximum atomic E-state index is 12.9. The van der Waals surface area contributed by atoms with Crippen molar-refractivity contribution in [2.75, 3.05) is 26.4 Å². The van der Waals surface area contributed by atoms with Crippen LogP contribution in [-0.4, -0.2) is 37.2 Å². The molecule has 0 aliphatic carbocycles. The zero-order valence-electron chi connectivity index (χ0n) is 13.7. The number of carbonyl (C=O) groups excluding carboxylic acids is 1. The first-order chi connectivity index (χ1) is 12.2. The number of benzene rings is 2. The number of fused-ring (bicyclic) bond motifs is 1. The van der Waals surface area contributed by atoms with Crippen LogP contribution in [0.4, 0.5) is 0 Å². The van der Waals surface area contributed by atoms with E-state index in [2.05, 4.69) is 5.32 Å². The summed E-state index contributed by atoms with van der Waals surface area (Å²) in [5.74, 6) is 1.54. The lowest BCUT2D eigenvalue weighted by Gasteiger charge is -2.36. The Labute approximate surface area is 151 Å². The fraction of sp³-hybridized carbons (Fsp3) is 0.316. The number of piperazine rings is 1. The van der Waals surface area contributed by atoms with E-state index < -0.39 is 0 Å². The lowest BCUT2D eigenvalue weighted by atomic mass is 10.0. The molecule has 4 rings (SSSR count). The van der Waals surface area contributed by atoms with Crippen molar-refractivity contribution in [1.29, 1.82) is 0 Å². The van der Waals surface area contributed by atoms with Crippen LogP contribution < -0.4 is 14.8 Å². The summed E-state index contributed by atoms with van der Waals surface area (Å²) < 4.78 is 10.7. The molecule has 0 radical (unpaired) electrons. The molecule has 1 N–H and O–H groups in total. The van der Waals surface area contributed by atoms with Crippen molar-refractivity contribution in [1.82, 2.24) is 10.2 Å². The van der Waals surface area contributed by atoms with Gasteiger partial charge in [-0.25, -0.2) is 0 Å². The quantitative estimate of drug-likeness (QED) is 0.916. The van der Waals surface area contributed by atoms with Gasteiger partial charge in [0, 0.05) is 24.7 Å². The number of hydrogen-bond donors (Lipinski definition) is 1. The minimum Gasteiger partial charge on any atom is -0.454 e. The van der Waals surface area contributed by atoms with Crippen molar-refractivity contribution >= 4 is 17.5 Å².